The molecule has 0 aliphatic rings. The van der Waals surface area contributed by atoms with Crippen LogP contribution in [0.5, 0.6) is 5.75 Å². The van der Waals surface area contributed by atoms with Crippen LogP contribution in [0.2, 0.25) is 5.02 Å². The summed E-state index contributed by atoms with van der Waals surface area (Å²) in [5.41, 5.74) is 3.91. The van der Waals surface area contributed by atoms with E-state index in [0.717, 1.165) is 22.5 Å². The number of halogens is 1. The Labute approximate surface area is 186 Å². The normalized spacial score (nSPS) is 11.0. The number of hydrogen-bond acceptors (Lipinski definition) is 5. The molecule has 6 nitrogen and oxygen atoms in total. The van der Waals surface area contributed by atoms with Crippen LogP contribution in [0.3, 0.4) is 0 Å². The maximum absolute atomic E-state index is 12.2. The van der Waals surface area contributed by atoms with E-state index in [1.165, 1.54) is 6.08 Å². The lowest BCUT2D eigenvalue weighted by molar-refractivity contribution is -0.136. The summed E-state index contributed by atoms with van der Waals surface area (Å²) >= 11 is 6.25. The second kappa shape index (κ2) is 10.1. The number of ether oxygens (including phenoxy) is 2. The molecule has 0 aliphatic carbocycles. The van der Waals surface area contributed by atoms with E-state index in [9.17, 15) is 9.59 Å². The first-order valence-corrected chi connectivity index (χ1v) is 10.1. The zero-order valence-electron chi connectivity index (χ0n) is 17.6. The van der Waals surface area contributed by atoms with Gasteiger partial charge < -0.3 is 9.47 Å². The molecule has 0 bridgehead atoms. The second-order valence-electron chi connectivity index (χ2n) is 6.93. The molecule has 3 aromatic rings. The van der Waals surface area contributed by atoms with Gasteiger partial charge in [-0.3, -0.25) is 9.48 Å². The lowest BCUT2D eigenvalue weighted by Crippen LogP contribution is -2.12. The van der Waals surface area contributed by atoms with Crippen molar-refractivity contribution in [2.75, 3.05) is 13.7 Å². The fourth-order valence-electron chi connectivity index (χ4n) is 3.09. The molecular weight excluding hydrogens is 416 g/mol. The van der Waals surface area contributed by atoms with Gasteiger partial charge >= 0.3 is 5.97 Å². The molecule has 0 unspecified atom stereocenters. The average Bonchev–Trinajstić information content (AvgIpc) is 3.04. The molecule has 0 saturated heterocycles. The molecule has 0 aliphatic heterocycles. The maximum Gasteiger partial charge on any atom is 0.331 e. The lowest BCUT2D eigenvalue weighted by Gasteiger charge is -2.06. The Bertz CT molecular complexity index is 1120. The number of Topliss-reactive ketones (excluding diaryl/α,β-unsaturated/α-hetero) is 1. The van der Waals surface area contributed by atoms with Crippen LogP contribution < -0.4 is 4.74 Å². The van der Waals surface area contributed by atoms with Crippen LogP contribution in [0, 0.1) is 13.8 Å². The third-order valence-electron chi connectivity index (χ3n) is 4.86. The maximum atomic E-state index is 12.2. The smallest absolute Gasteiger partial charge is 0.331 e. The lowest BCUT2D eigenvalue weighted by atomic mass is 10.1. The fraction of sp³-hybridized carbons (Fsp3) is 0.208. The summed E-state index contributed by atoms with van der Waals surface area (Å²) in [5.74, 6) is -0.235. The first-order valence-electron chi connectivity index (χ1n) is 9.68. The first-order chi connectivity index (χ1) is 14.9. The number of carbonyl (C=O) groups is 2. The number of benzene rings is 2. The Balaban J connectivity index is 1.61. The number of hydrogen-bond donors (Lipinski definition) is 0. The SMILES string of the molecule is COc1ccc(C(=O)COC(=O)/C=C/c2c(C)nn(Cc3ccccc3Cl)c2C)cc1. The number of carbonyl (C=O) groups excluding carboxylic acids is 2. The monoisotopic (exact) mass is 438 g/mol. The van der Waals surface area contributed by atoms with E-state index in [0.29, 0.717) is 22.9 Å². The van der Waals surface area contributed by atoms with Gasteiger partial charge in [0.1, 0.15) is 5.75 Å². The predicted molar refractivity (Wildman–Crippen MR) is 120 cm³/mol. The Hall–Kier alpha value is -3.38. The van der Waals surface area contributed by atoms with Crippen LogP contribution in [0.4, 0.5) is 0 Å². The van der Waals surface area contributed by atoms with Gasteiger partial charge in [-0.25, -0.2) is 4.79 Å². The number of esters is 1. The largest absolute Gasteiger partial charge is 0.497 e. The van der Waals surface area contributed by atoms with E-state index in [4.69, 9.17) is 21.1 Å². The molecular formula is C24H23ClN2O4. The minimum atomic E-state index is -0.598. The molecule has 0 amide bonds. The third-order valence-corrected chi connectivity index (χ3v) is 5.23. The van der Waals surface area contributed by atoms with Gasteiger partial charge in [-0.05, 0) is 55.8 Å². The van der Waals surface area contributed by atoms with Gasteiger partial charge in [-0.1, -0.05) is 29.8 Å². The van der Waals surface area contributed by atoms with Gasteiger partial charge in [0.05, 0.1) is 19.3 Å². The highest BCUT2D eigenvalue weighted by molar-refractivity contribution is 6.31. The number of rotatable bonds is 8. The first kappa shape index (κ1) is 22.3. The Morgan fingerprint density at radius 3 is 2.48 bits per heavy atom. The topological polar surface area (TPSA) is 70.4 Å². The summed E-state index contributed by atoms with van der Waals surface area (Å²) < 4.78 is 12.0. The highest BCUT2D eigenvalue weighted by Gasteiger charge is 2.12. The average molecular weight is 439 g/mol. The fourth-order valence-corrected chi connectivity index (χ4v) is 3.29. The van der Waals surface area contributed by atoms with Crippen LogP contribution in [0.1, 0.15) is 32.9 Å². The van der Waals surface area contributed by atoms with Crippen LogP contribution in [0.15, 0.2) is 54.6 Å². The molecule has 0 atom stereocenters. The summed E-state index contributed by atoms with van der Waals surface area (Å²) in [6.07, 6.45) is 2.96. The molecule has 1 aromatic heterocycles. The van der Waals surface area contributed by atoms with Gasteiger partial charge in [-0.2, -0.15) is 5.10 Å². The molecule has 1 heterocycles. The number of methoxy groups -OCH3 is 1. The van der Waals surface area contributed by atoms with Crippen molar-refractivity contribution in [3.05, 3.63) is 87.7 Å². The van der Waals surface area contributed by atoms with Crippen molar-refractivity contribution in [2.24, 2.45) is 0 Å². The highest BCUT2D eigenvalue weighted by Crippen LogP contribution is 2.20. The standard InChI is InChI=1S/C24H23ClN2O4/c1-16-21(17(2)27(26-16)14-19-6-4-5-7-22(19)25)12-13-24(29)31-15-23(28)18-8-10-20(30-3)11-9-18/h4-13H,14-15H2,1-3H3/b13-12+. The molecule has 160 valence electrons. The molecule has 3 rings (SSSR count). The van der Waals surface area contributed by atoms with Crippen molar-refractivity contribution in [1.29, 1.82) is 0 Å². The Morgan fingerprint density at radius 1 is 1.10 bits per heavy atom. The summed E-state index contributed by atoms with van der Waals surface area (Å²) in [4.78, 5) is 24.3. The highest BCUT2D eigenvalue weighted by atomic mass is 35.5. The summed E-state index contributed by atoms with van der Waals surface area (Å²) in [6, 6.07) is 14.2. The molecule has 0 fully saturated rings. The van der Waals surface area contributed by atoms with Crippen LogP contribution in [-0.4, -0.2) is 35.2 Å². The Morgan fingerprint density at radius 2 is 1.81 bits per heavy atom. The van der Waals surface area contributed by atoms with E-state index in [1.807, 2.05) is 42.8 Å². The van der Waals surface area contributed by atoms with Crippen molar-refractivity contribution in [3.63, 3.8) is 0 Å². The number of nitrogens with zero attached hydrogens (tertiary/aromatic N) is 2. The van der Waals surface area contributed by atoms with Crippen molar-refractivity contribution < 1.29 is 19.1 Å². The molecule has 2 aromatic carbocycles. The van der Waals surface area contributed by atoms with Crippen molar-refractivity contribution in [2.45, 2.75) is 20.4 Å². The van der Waals surface area contributed by atoms with E-state index in [1.54, 1.807) is 37.5 Å². The van der Waals surface area contributed by atoms with Crippen molar-refractivity contribution >= 4 is 29.4 Å². The van der Waals surface area contributed by atoms with E-state index in [-0.39, 0.29) is 12.4 Å². The van der Waals surface area contributed by atoms with E-state index in [2.05, 4.69) is 5.10 Å². The molecule has 31 heavy (non-hydrogen) atoms. The third kappa shape index (κ3) is 5.61. The van der Waals surface area contributed by atoms with Gasteiger partial charge in [0.2, 0.25) is 0 Å². The molecule has 7 heteroatoms. The second-order valence-corrected chi connectivity index (χ2v) is 7.33. The van der Waals surface area contributed by atoms with Crippen LogP contribution in [-0.2, 0) is 16.1 Å². The van der Waals surface area contributed by atoms with Gasteiger partial charge in [-0.15, -0.1) is 0 Å². The summed E-state index contributed by atoms with van der Waals surface area (Å²) in [6.45, 7) is 3.99. The van der Waals surface area contributed by atoms with Gasteiger partial charge in [0.25, 0.3) is 0 Å². The number of ketones is 1. The molecule has 0 saturated carbocycles. The van der Waals surface area contributed by atoms with Crippen molar-refractivity contribution in [1.82, 2.24) is 9.78 Å². The quantitative estimate of drug-likeness (QED) is 0.291. The summed E-state index contributed by atoms with van der Waals surface area (Å²) in [7, 11) is 1.55. The van der Waals surface area contributed by atoms with E-state index < -0.39 is 5.97 Å². The predicted octanol–water partition coefficient (Wildman–Crippen LogP) is 4.65. The minimum absolute atomic E-state index is 0.288. The minimum Gasteiger partial charge on any atom is -0.497 e. The Kier molecular flexibility index (Phi) is 7.26. The van der Waals surface area contributed by atoms with Gasteiger partial charge in [0, 0.05) is 27.9 Å². The zero-order valence-corrected chi connectivity index (χ0v) is 18.3. The molecule has 0 radical (unpaired) electrons. The summed E-state index contributed by atoms with van der Waals surface area (Å²) in [5, 5.41) is 5.22. The van der Waals surface area contributed by atoms with Crippen molar-refractivity contribution in [3.8, 4) is 5.75 Å². The van der Waals surface area contributed by atoms with Crippen LogP contribution >= 0.6 is 11.6 Å². The number of aryl methyl sites for hydroxylation is 1. The molecule has 0 spiro atoms. The van der Waals surface area contributed by atoms with E-state index >= 15 is 0 Å². The number of aromatic nitrogens is 2. The van der Waals surface area contributed by atoms with Gasteiger partial charge in [0.15, 0.2) is 12.4 Å². The zero-order chi connectivity index (χ0) is 22.4. The molecule has 0 N–H and O–H groups in total. The van der Waals surface area contributed by atoms with Crippen LogP contribution in [0.25, 0.3) is 6.08 Å².